The van der Waals surface area contributed by atoms with Crippen LogP contribution in [0.3, 0.4) is 0 Å². The summed E-state index contributed by atoms with van der Waals surface area (Å²) in [4.78, 5) is 0. The second-order valence-corrected chi connectivity index (χ2v) is 6.94. The third-order valence-corrected chi connectivity index (χ3v) is 4.09. The van der Waals surface area contributed by atoms with Gasteiger partial charge in [0, 0.05) is 12.1 Å². The monoisotopic (exact) mass is 302 g/mol. The zero-order chi connectivity index (χ0) is 14.8. The predicted molar refractivity (Wildman–Crippen MR) is 75.5 cm³/mol. The summed E-state index contributed by atoms with van der Waals surface area (Å²) in [5.41, 5.74) is 6.14. The molecule has 0 heterocycles. The molecule has 7 heteroatoms. The third-order valence-electron chi connectivity index (χ3n) is 3.32. The molecule has 1 aromatic rings. The van der Waals surface area contributed by atoms with Gasteiger partial charge < -0.3 is 10.5 Å². The van der Waals surface area contributed by atoms with Gasteiger partial charge in [0.1, 0.15) is 11.6 Å². The van der Waals surface area contributed by atoms with E-state index in [0.29, 0.717) is 37.1 Å². The molecular weight excluding hydrogens is 283 g/mol. The van der Waals surface area contributed by atoms with E-state index in [0.717, 1.165) is 6.26 Å². The van der Waals surface area contributed by atoms with Crippen LogP contribution in [0.2, 0.25) is 0 Å². The summed E-state index contributed by atoms with van der Waals surface area (Å²) < 4.78 is 43.7. The number of halogens is 1. The van der Waals surface area contributed by atoms with Gasteiger partial charge in [-0.25, -0.2) is 17.5 Å². The first-order chi connectivity index (χ1) is 9.33. The van der Waals surface area contributed by atoms with Crippen molar-refractivity contribution in [3.05, 3.63) is 24.0 Å². The molecule has 0 unspecified atom stereocenters. The number of rotatable bonds is 4. The summed E-state index contributed by atoms with van der Waals surface area (Å²) >= 11 is 0. The van der Waals surface area contributed by atoms with Crippen LogP contribution in [0.1, 0.15) is 25.7 Å². The van der Waals surface area contributed by atoms with Crippen molar-refractivity contribution in [3.63, 3.8) is 0 Å². The Morgan fingerprint density at radius 3 is 2.55 bits per heavy atom. The van der Waals surface area contributed by atoms with Gasteiger partial charge in [-0.05, 0) is 37.8 Å². The molecule has 0 radical (unpaired) electrons. The zero-order valence-corrected chi connectivity index (χ0v) is 12.1. The van der Waals surface area contributed by atoms with Gasteiger partial charge in [0.2, 0.25) is 10.0 Å². The highest BCUT2D eigenvalue weighted by molar-refractivity contribution is 7.88. The fourth-order valence-electron chi connectivity index (χ4n) is 2.39. The van der Waals surface area contributed by atoms with Crippen molar-refractivity contribution in [1.82, 2.24) is 4.72 Å². The summed E-state index contributed by atoms with van der Waals surface area (Å²) in [6.07, 6.45) is 3.92. The van der Waals surface area contributed by atoms with Gasteiger partial charge in [-0.3, -0.25) is 0 Å². The van der Waals surface area contributed by atoms with Crippen molar-refractivity contribution in [1.29, 1.82) is 0 Å². The summed E-state index contributed by atoms with van der Waals surface area (Å²) in [6.45, 7) is 0. The molecule has 0 aromatic heterocycles. The van der Waals surface area contributed by atoms with Gasteiger partial charge in [0.15, 0.2) is 0 Å². The number of anilines is 1. The van der Waals surface area contributed by atoms with Crippen LogP contribution in [-0.2, 0) is 10.0 Å². The topological polar surface area (TPSA) is 81.4 Å². The second-order valence-electron chi connectivity index (χ2n) is 5.16. The van der Waals surface area contributed by atoms with E-state index in [-0.39, 0.29) is 18.0 Å². The van der Waals surface area contributed by atoms with Gasteiger partial charge in [-0.1, -0.05) is 0 Å². The van der Waals surface area contributed by atoms with E-state index < -0.39 is 10.0 Å². The lowest BCUT2D eigenvalue weighted by molar-refractivity contribution is 0.144. The molecule has 5 nitrogen and oxygen atoms in total. The van der Waals surface area contributed by atoms with Crippen molar-refractivity contribution in [3.8, 4) is 5.75 Å². The average molecular weight is 302 g/mol. The molecule has 0 amide bonds. The Labute approximate surface area is 118 Å². The van der Waals surface area contributed by atoms with E-state index in [1.165, 1.54) is 18.2 Å². The highest BCUT2D eigenvalue weighted by Crippen LogP contribution is 2.28. The first kappa shape index (κ1) is 15.1. The Bertz CT molecular complexity index is 569. The van der Waals surface area contributed by atoms with E-state index in [9.17, 15) is 12.8 Å². The third kappa shape index (κ3) is 4.35. The summed E-state index contributed by atoms with van der Waals surface area (Å²) in [6, 6.07) is 3.99. The molecule has 0 atom stereocenters. The van der Waals surface area contributed by atoms with Crippen LogP contribution in [0.4, 0.5) is 10.1 Å². The zero-order valence-electron chi connectivity index (χ0n) is 11.3. The molecule has 20 heavy (non-hydrogen) atoms. The smallest absolute Gasteiger partial charge is 0.208 e. The van der Waals surface area contributed by atoms with Crippen molar-refractivity contribution in [2.24, 2.45) is 0 Å². The number of benzene rings is 1. The van der Waals surface area contributed by atoms with Crippen LogP contribution in [0.5, 0.6) is 5.75 Å². The number of nitrogen functional groups attached to an aromatic ring is 1. The van der Waals surface area contributed by atoms with Crippen LogP contribution < -0.4 is 15.2 Å². The molecule has 0 spiro atoms. The number of nitrogens with two attached hydrogens (primary N) is 1. The fourth-order valence-corrected chi connectivity index (χ4v) is 3.23. The lowest BCUT2D eigenvalue weighted by atomic mass is 9.93. The Hall–Kier alpha value is -1.34. The maximum Gasteiger partial charge on any atom is 0.208 e. The Kier molecular flexibility index (Phi) is 4.49. The van der Waals surface area contributed by atoms with Crippen LogP contribution in [0.15, 0.2) is 18.2 Å². The van der Waals surface area contributed by atoms with Gasteiger partial charge >= 0.3 is 0 Å². The van der Waals surface area contributed by atoms with E-state index in [1.54, 1.807) is 0 Å². The number of ether oxygens (including phenoxy) is 1. The Morgan fingerprint density at radius 1 is 1.30 bits per heavy atom. The first-order valence-corrected chi connectivity index (χ1v) is 8.41. The largest absolute Gasteiger partial charge is 0.488 e. The van der Waals surface area contributed by atoms with E-state index in [2.05, 4.69) is 4.72 Å². The molecule has 112 valence electrons. The molecule has 1 fully saturated rings. The van der Waals surface area contributed by atoms with Gasteiger partial charge in [-0.2, -0.15) is 0 Å². The molecule has 1 aliphatic carbocycles. The highest BCUT2D eigenvalue weighted by atomic mass is 32.2. The molecule has 3 N–H and O–H groups in total. The van der Waals surface area contributed by atoms with Crippen LogP contribution in [0, 0.1) is 5.82 Å². The highest BCUT2D eigenvalue weighted by Gasteiger charge is 2.24. The molecule has 1 saturated carbocycles. The molecule has 0 saturated heterocycles. The first-order valence-electron chi connectivity index (χ1n) is 6.52. The molecular formula is C13H19FN2O3S. The maximum absolute atomic E-state index is 13.1. The molecule has 2 rings (SSSR count). The van der Waals surface area contributed by atoms with Gasteiger partial charge in [-0.15, -0.1) is 0 Å². The number of hydrogen-bond acceptors (Lipinski definition) is 4. The average Bonchev–Trinajstić information content (AvgIpc) is 2.34. The van der Waals surface area contributed by atoms with Crippen molar-refractivity contribution < 1.29 is 17.5 Å². The predicted octanol–water partition coefficient (Wildman–Crippen LogP) is 1.65. The maximum atomic E-state index is 13.1. The molecule has 1 aromatic carbocycles. The normalized spacial score (nSPS) is 23.5. The van der Waals surface area contributed by atoms with Crippen LogP contribution in [0.25, 0.3) is 0 Å². The number of hydrogen-bond donors (Lipinski definition) is 2. The quantitative estimate of drug-likeness (QED) is 0.829. The minimum atomic E-state index is -3.17. The van der Waals surface area contributed by atoms with Crippen molar-refractivity contribution in [2.45, 2.75) is 37.8 Å². The van der Waals surface area contributed by atoms with Crippen molar-refractivity contribution in [2.75, 3.05) is 12.0 Å². The number of nitrogens with one attached hydrogen (secondary N) is 1. The van der Waals surface area contributed by atoms with Crippen molar-refractivity contribution >= 4 is 15.7 Å². The molecule has 1 aliphatic rings. The summed E-state index contributed by atoms with van der Waals surface area (Å²) in [5, 5.41) is 0. The SMILES string of the molecule is CS(=O)(=O)N[C@H]1CC[C@H](Oc2cc(F)ccc2N)CC1. The summed E-state index contributed by atoms with van der Waals surface area (Å²) in [7, 11) is -3.17. The van der Waals surface area contributed by atoms with E-state index in [4.69, 9.17) is 10.5 Å². The Morgan fingerprint density at radius 2 is 1.95 bits per heavy atom. The fraction of sp³-hybridized carbons (Fsp3) is 0.538. The molecule has 0 bridgehead atoms. The molecule has 0 aliphatic heterocycles. The Balaban J connectivity index is 1.90. The number of sulfonamides is 1. The van der Waals surface area contributed by atoms with Gasteiger partial charge in [0.05, 0.1) is 18.0 Å². The summed E-state index contributed by atoms with van der Waals surface area (Å²) in [5.74, 6) is -0.0360. The van der Waals surface area contributed by atoms with E-state index in [1.807, 2.05) is 0 Å². The minimum absolute atomic E-state index is 0.0466. The van der Waals surface area contributed by atoms with E-state index >= 15 is 0 Å². The standard InChI is InChI=1S/C13H19FN2O3S/c1-20(17,18)16-10-3-5-11(6-4-10)19-13-8-9(14)2-7-12(13)15/h2,7-8,10-11,16H,3-6,15H2,1H3/t10-,11-. The van der Waals surface area contributed by atoms with Crippen LogP contribution >= 0.6 is 0 Å². The second kappa shape index (κ2) is 5.97. The minimum Gasteiger partial charge on any atom is -0.488 e. The van der Waals surface area contributed by atoms with Gasteiger partial charge in [0.25, 0.3) is 0 Å². The lowest BCUT2D eigenvalue weighted by Crippen LogP contribution is -2.39. The lowest BCUT2D eigenvalue weighted by Gasteiger charge is -2.29. The van der Waals surface area contributed by atoms with Crippen LogP contribution in [-0.4, -0.2) is 26.8 Å².